The van der Waals surface area contributed by atoms with Gasteiger partial charge in [0.2, 0.25) is 10.0 Å². The van der Waals surface area contributed by atoms with Crippen molar-refractivity contribution in [2.24, 2.45) is 0 Å². The summed E-state index contributed by atoms with van der Waals surface area (Å²) in [7, 11) is -3.20. The predicted molar refractivity (Wildman–Crippen MR) is 83.0 cm³/mol. The van der Waals surface area contributed by atoms with Crippen molar-refractivity contribution in [1.82, 2.24) is 19.8 Å². The second kappa shape index (κ2) is 5.69. The maximum Gasteiger partial charge on any atom is 0.274 e. The summed E-state index contributed by atoms with van der Waals surface area (Å²) in [5.74, 6) is -0.116. The number of rotatable bonds is 3. The molecule has 0 radical (unpaired) electrons. The normalized spacial score (nSPS) is 17.0. The largest absolute Gasteiger partial charge is 0.337 e. The third-order valence-electron chi connectivity index (χ3n) is 3.84. The molecule has 2 heterocycles. The highest BCUT2D eigenvalue weighted by Crippen LogP contribution is 2.19. The number of benzene rings is 1. The van der Waals surface area contributed by atoms with Gasteiger partial charge in [-0.3, -0.25) is 9.89 Å². The van der Waals surface area contributed by atoms with E-state index in [0.717, 1.165) is 17.2 Å². The number of aromatic nitrogens is 2. The average Bonchev–Trinajstić information content (AvgIpc) is 2.89. The molecule has 1 amide bonds. The van der Waals surface area contributed by atoms with Crippen LogP contribution in [0.4, 0.5) is 0 Å². The smallest absolute Gasteiger partial charge is 0.274 e. The van der Waals surface area contributed by atoms with Crippen LogP contribution < -0.4 is 4.72 Å². The molecule has 1 aliphatic rings. The molecule has 0 bridgehead atoms. The Morgan fingerprint density at radius 3 is 2.68 bits per heavy atom. The lowest BCUT2D eigenvalue weighted by Gasteiger charge is -2.31. The Labute approximate surface area is 128 Å². The van der Waals surface area contributed by atoms with Crippen LogP contribution in [0.25, 0.3) is 10.9 Å². The molecule has 1 fully saturated rings. The van der Waals surface area contributed by atoms with E-state index in [0.29, 0.717) is 31.6 Å². The molecule has 118 valence electrons. The molecule has 2 N–H and O–H groups in total. The lowest BCUT2D eigenvalue weighted by atomic mass is 10.1. The highest BCUT2D eigenvalue weighted by Gasteiger charge is 2.27. The monoisotopic (exact) mass is 322 g/mol. The van der Waals surface area contributed by atoms with Gasteiger partial charge in [-0.05, 0) is 18.9 Å². The summed E-state index contributed by atoms with van der Waals surface area (Å²) in [6.07, 6.45) is 2.38. The number of nitrogens with one attached hydrogen (secondary N) is 2. The van der Waals surface area contributed by atoms with Gasteiger partial charge in [0, 0.05) is 24.5 Å². The number of piperidine rings is 1. The summed E-state index contributed by atoms with van der Waals surface area (Å²) in [5.41, 5.74) is 1.25. The standard InChI is InChI=1S/C14H18N4O3S/c1-22(20,21)17-10-6-8-18(9-7-10)14(19)13-11-4-2-3-5-12(11)15-16-13/h2-5,10,17H,6-9H2,1H3,(H,15,16). The molecule has 0 spiro atoms. The van der Waals surface area contributed by atoms with E-state index in [1.165, 1.54) is 0 Å². The molecule has 0 atom stereocenters. The molecular weight excluding hydrogens is 304 g/mol. The third kappa shape index (κ3) is 3.12. The van der Waals surface area contributed by atoms with Gasteiger partial charge in [-0.15, -0.1) is 0 Å². The minimum Gasteiger partial charge on any atom is -0.337 e. The van der Waals surface area contributed by atoms with Crippen molar-refractivity contribution < 1.29 is 13.2 Å². The van der Waals surface area contributed by atoms with E-state index >= 15 is 0 Å². The zero-order valence-corrected chi connectivity index (χ0v) is 13.1. The number of nitrogens with zero attached hydrogens (tertiary/aromatic N) is 2. The van der Waals surface area contributed by atoms with Crippen molar-refractivity contribution in [2.75, 3.05) is 19.3 Å². The Kier molecular flexibility index (Phi) is 3.88. The number of hydrogen-bond donors (Lipinski definition) is 2. The molecule has 7 nitrogen and oxygen atoms in total. The Bertz CT molecular complexity index is 791. The van der Waals surface area contributed by atoms with Crippen LogP contribution in [0, 0.1) is 0 Å². The molecule has 2 aromatic rings. The minimum atomic E-state index is -3.20. The fraction of sp³-hybridized carbons (Fsp3) is 0.429. The number of aromatic amines is 1. The van der Waals surface area contributed by atoms with Crippen molar-refractivity contribution in [3.05, 3.63) is 30.0 Å². The molecule has 0 saturated carbocycles. The molecule has 1 aliphatic heterocycles. The van der Waals surface area contributed by atoms with E-state index in [1.807, 2.05) is 24.3 Å². The molecule has 0 aliphatic carbocycles. The Morgan fingerprint density at radius 2 is 2.00 bits per heavy atom. The molecule has 1 aromatic carbocycles. The van der Waals surface area contributed by atoms with Gasteiger partial charge in [-0.25, -0.2) is 13.1 Å². The van der Waals surface area contributed by atoms with E-state index in [-0.39, 0.29) is 11.9 Å². The van der Waals surface area contributed by atoms with Crippen LogP contribution in [-0.2, 0) is 10.0 Å². The van der Waals surface area contributed by atoms with Crippen molar-refractivity contribution in [2.45, 2.75) is 18.9 Å². The van der Waals surface area contributed by atoms with Crippen LogP contribution in [0.2, 0.25) is 0 Å². The highest BCUT2D eigenvalue weighted by atomic mass is 32.2. The zero-order chi connectivity index (χ0) is 15.7. The number of para-hydroxylation sites is 1. The van der Waals surface area contributed by atoms with Crippen LogP contribution in [0.3, 0.4) is 0 Å². The van der Waals surface area contributed by atoms with E-state index in [9.17, 15) is 13.2 Å². The average molecular weight is 322 g/mol. The lowest BCUT2D eigenvalue weighted by Crippen LogP contribution is -2.46. The first-order chi connectivity index (χ1) is 10.4. The second-order valence-electron chi connectivity index (χ2n) is 5.57. The number of hydrogen-bond acceptors (Lipinski definition) is 4. The number of amides is 1. The quantitative estimate of drug-likeness (QED) is 0.870. The zero-order valence-electron chi connectivity index (χ0n) is 12.2. The summed E-state index contributed by atoms with van der Waals surface area (Å²) in [5, 5.41) is 7.79. The first-order valence-electron chi connectivity index (χ1n) is 7.14. The van der Waals surface area contributed by atoms with Gasteiger partial charge in [0.25, 0.3) is 5.91 Å². The molecule has 1 saturated heterocycles. The second-order valence-corrected chi connectivity index (χ2v) is 7.35. The summed E-state index contributed by atoms with van der Waals surface area (Å²) in [6, 6.07) is 7.40. The summed E-state index contributed by atoms with van der Waals surface area (Å²) in [6.45, 7) is 1.04. The molecule has 8 heteroatoms. The lowest BCUT2D eigenvalue weighted by molar-refractivity contribution is 0.0707. The van der Waals surface area contributed by atoms with E-state index in [2.05, 4.69) is 14.9 Å². The topological polar surface area (TPSA) is 95.2 Å². The number of H-pyrrole nitrogens is 1. The Morgan fingerprint density at radius 1 is 1.32 bits per heavy atom. The molecule has 1 aromatic heterocycles. The first kappa shape index (κ1) is 15.0. The Balaban J connectivity index is 1.70. The molecular formula is C14H18N4O3S. The van der Waals surface area contributed by atoms with Crippen LogP contribution in [-0.4, -0.2) is 54.8 Å². The van der Waals surface area contributed by atoms with Crippen LogP contribution in [0.5, 0.6) is 0 Å². The van der Waals surface area contributed by atoms with Crippen molar-refractivity contribution in [1.29, 1.82) is 0 Å². The number of likely N-dealkylation sites (tertiary alicyclic amines) is 1. The highest BCUT2D eigenvalue weighted by molar-refractivity contribution is 7.88. The SMILES string of the molecule is CS(=O)(=O)NC1CCN(C(=O)c2n[nH]c3ccccc23)CC1. The first-order valence-corrected chi connectivity index (χ1v) is 9.03. The van der Waals surface area contributed by atoms with E-state index in [4.69, 9.17) is 0 Å². The fourth-order valence-electron chi connectivity index (χ4n) is 2.78. The van der Waals surface area contributed by atoms with Crippen LogP contribution >= 0.6 is 0 Å². The molecule has 22 heavy (non-hydrogen) atoms. The summed E-state index contributed by atoms with van der Waals surface area (Å²) in [4.78, 5) is 14.3. The third-order valence-corrected chi connectivity index (χ3v) is 4.60. The maximum atomic E-state index is 12.6. The maximum absolute atomic E-state index is 12.6. The number of carbonyl (C=O) groups excluding carboxylic acids is 1. The fourth-order valence-corrected chi connectivity index (χ4v) is 3.62. The molecule has 0 unspecified atom stereocenters. The van der Waals surface area contributed by atoms with Gasteiger partial charge in [0.15, 0.2) is 5.69 Å². The number of sulfonamides is 1. The van der Waals surface area contributed by atoms with Gasteiger partial charge in [-0.1, -0.05) is 18.2 Å². The van der Waals surface area contributed by atoms with E-state index in [1.54, 1.807) is 4.90 Å². The van der Waals surface area contributed by atoms with Gasteiger partial charge >= 0.3 is 0 Å². The van der Waals surface area contributed by atoms with Crippen LogP contribution in [0.15, 0.2) is 24.3 Å². The minimum absolute atomic E-state index is 0.102. The summed E-state index contributed by atoms with van der Waals surface area (Å²) >= 11 is 0. The predicted octanol–water partition coefficient (Wildman–Crippen LogP) is 0.717. The number of fused-ring (bicyclic) bond motifs is 1. The molecule has 3 rings (SSSR count). The van der Waals surface area contributed by atoms with Crippen molar-refractivity contribution in [3.8, 4) is 0 Å². The van der Waals surface area contributed by atoms with Gasteiger partial charge in [0.1, 0.15) is 0 Å². The van der Waals surface area contributed by atoms with E-state index < -0.39 is 10.0 Å². The van der Waals surface area contributed by atoms with Crippen molar-refractivity contribution >= 4 is 26.8 Å². The van der Waals surface area contributed by atoms with Crippen molar-refractivity contribution in [3.63, 3.8) is 0 Å². The van der Waals surface area contributed by atoms with Crippen LogP contribution in [0.1, 0.15) is 23.3 Å². The van der Waals surface area contributed by atoms with Gasteiger partial charge in [0.05, 0.1) is 11.8 Å². The Hall–Kier alpha value is -1.93. The summed E-state index contributed by atoms with van der Waals surface area (Å²) < 4.78 is 25.1. The van der Waals surface area contributed by atoms with Gasteiger partial charge < -0.3 is 4.90 Å². The number of carbonyl (C=O) groups is 1. The van der Waals surface area contributed by atoms with Gasteiger partial charge in [-0.2, -0.15) is 5.10 Å².